The second-order valence-corrected chi connectivity index (χ2v) is 5.85. The maximum absolute atomic E-state index is 10.7. The Morgan fingerprint density at radius 2 is 1.35 bits per heavy atom. The molecule has 0 radical (unpaired) electrons. The van der Waals surface area contributed by atoms with E-state index in [0.717, 1.165) is 31.3 Å². The van der Waals surface area contributed by atoms with Crippen molar-refractivity contribution in [1.82, 2.24) is 0 Å². The van der Waals surface area contributed by atoms with E-state index in [4.69, 9.17) is 14.9 Å². The van der Waals surface area contributed by atoms with Crippen LogP contribution in [0.4, 0.5) is 0 Å². The van der Waals surface area contributed by atoms with Crippen LogP contribution in [0.15, 0.2) is 34.9 Å². The van der Waals surface area contributed by atoms with E-state index in [2.05, 4.69) is 32.9 Å². The lowest BCUT2D eigenvalue weighted by molar-refractivity contribution is -0.164. The van der Waals surface area contributed by atoms with Crippen molar-refractivity contribution in [2.24, 2.45) is 0 Å². The van der Waals surface area contributed by atoms with E-state index in [1.165, 1.54) is 11.1 Å². The van der Waals surface area contributed by atoms with Crippen LogP contribution in [0.5, 0.6) is 0 Å². The van der Waals surface area contributed by atoms with Crippen LogP contribution in [0.1, 0.15) is 53.4 Å². The number of allylic oxidation sites excluding steroid dienone is 5. The fourth-order valence-electron chi connectivity index (χ4n) is 1.87. The summed E-state index contributed by atoms with van der Waals surface area (Å²) >= 11 is 0. The minimum Gasteiger partial charge on any atom is -0.479 e. The van der Waals surface area contributed by atoms with Crippen molar-refractivity contribution in [3.8, 4) is 0 Å². The van der Waals surface area contributed by atoms with Gasteiger partial charge in [0, 0.05) is 0 Å². The molecular weight excluding hydrogens is 296 g/mol. The van der Waals surface area contributed by atoms with Gasteiger partial charge in [-0.05, 0) is 53.4 Å². The number of carbonyl (C=O) groups is 2. The summed E-state index contributed by atoms with van der Waals surface area (Å²) in [6.45, 7) is 8.21. The van der Waals surface area contributed by atoms with Gasteiger partial charge < -0.3 is 14.9 Å². The average molecular weight is 324 g/mol. The number of carboxylic acid groups (broad SMARTS) is 2. The van der Waals surface area contributed by atoms with Crippen LogP contribution in [-0.4, -0.2) is 34.9 Å². The van der Waals surface area contributed by atoms with Gasteiger partial charge in [0.2, 0.25) is 0 Å². The fraction of sp³-hybridized carbons (Fsp3) is 0.556. The summed E-state index contributed by atoms with van der Waals surface area (Å²) in [5, 5.41) is 17.4. The molecule has 0 rings (SSSR count). The Balaban J connectivity index is 4.13. The fourth-order valence-corrected chi connectivity index (χ4v) is 1.87. The first kappa shape index (κ1) is 21.1. The van der Waals surface area contributed by atoms with E-state index in [9.17, 15) is 9.59 Å². The van der Waals surface area contributed by atoms with Crippen molar-refractivity contribution < 1.29 is 24.5 Å². The molecule has 0 unspecified atom stereocenters. The second-order valence-electron chi connectivity index (χ2n) is 5.85. The van der Waals surface area contributed by atoms with Gasteiger partial charge in [0.05, 0.1) is 6.61 Å². The first-order valence-corrected chi connectivity index (χ1v) is 7.76. The predicted molar refractivity (Wildman–Crippen MR) is 90.4 cm³/mol. The van der Waals surface area contributed by atoms with Gasteiger partial charge in [-0.3, -0.25) is 0 Å². The average Bonchev–Trinajstić information content (AvgIpc) is 2.42. The summed E-state index contributed by atoms with van der Waals surface area (Å²) in [6, 6.07) is 0. The molecule has 130 valence electrons. The predicted octanol–water partition coefficient (Wildman–Crippen LogP) is 3.96. The molecule has 0 aromatic carbocycles. The van der Waals surface area contributed by atoms with Crippen LogP contribution in [0.2, 0.25) is 0 Å². The van der Waals surface area contributed by atoms with Crippen molar-refractivity contribution >= 4 is 11.9 Å². The summed E-state index contributed by atoms with van der Waals surface area (Å²) in [5.74, 6) is -2.98. The van der Waals surface area contributed by atoms with Gasteiger partial charge in [-0.1, -0.05) is 34.9 Å². The number of hydrogen-bond acceptors (Lipinski definition) is 3. The third-order valence-corrected chi connectivity index (χ3v) is 3.27. The zero-order chi connectivity index (χ0) is 17.8. The van der Waals surface area contributed by atoms with Crippen molar-refractivity contribution in [3.63, 3.8) is 0 Å². The molecular formula is C18H28O5. The summed E-state index contributed by atoms with van der Waals surface area (Å²) in [7, 11) is 0. The Bertz CT molecular complexity index is 468. The van der Waals surface area contributed by atoms with Crippen molar-refractivity contribution in [3.05, 3.63) is 34.9 Å². The molecule has 0 heterocycles. The van der Waals surface area contributed by atoms with Crippen molar-refractivity contribution in [2.45, 2.75) is 59.5 Å². The molecule has 0 aliphatic rings. The van der Waals surface area contributed by atoms with E-state index >= 15 is 0 Å². The highest BCUT2D eigenvalue weighted by Gasteiger charge is 2.25. The quantitative estimate of drug-likeness (QED) is 0.444. The summed E-state index contributed by atoms with van der Waals surface area (Å²) in [4.78, 5) is 21.3. The Hall–Kier alpha value is -1.88. The molecule has 5 heteroatoms. The van der Waals surface area contributed by atoms with Crippen LogP contribution < -0.4 is 0 Å². The molecule has 2 N–H and O–H groups in total. The lowest BCUT2D eigenvalue weighted by atomic mass is 10.1. The summed E-state index contributed by atoms with van der Waals surface area (Å²) < 4.78 is 4.84. The second kappa shape index (κ2) is 11.7. The molecule has 0 saturated heterocycles. The zero-order valence-corrected chi connectivity index (χ0v) is 14.5. The van der Waals surface area contributed by atoms with E-state index in [0.29, 0.717) is 0 Å². The van der Waals surface area contributed by atoms with E-state index in [1.807, 2.05) is 6.92 Å². The Labute approximate surface area is 138 Å². The van der Waals surface area contributed by atoms with Gasteiger partial charge in [-0.15, -0.1) is 0 Å². The number of hydrogen-bond donors (Lipinski definition) is 2. The SMILES string of the molecule is CC(C)=CCC/C(C)=C/CC/C(C)=C/COC(C(=O)O)C(=O)O. The van der Waals surface area contributed by atoms with Crippen LogP contribution in [0.25, 0.3) is 0 Å². The van der Waals surface area contributed by atoms with Gasteiger partial charge in [-0.25, -0.2) is 9.59 Å². The topological polar surface area (TPSA) is 83.8 Å². The Morgan fingerprint density at radius 3 is 1.83 bits per heavy atom. The van der Waals surface area contributed by atoms with E-state index < -0.39 is 18.0 Å². The number of rotatable bonds is 11. The summed E-state index contributed by atoms with van der Waals surface area (Å²) in [5.41, 5.74) is 3.73. The van der Waals surface area contributed by atoms with E-state index in [-0.39, 0.29) is 6.61 Å². The molecule has 0 bridgehead atoms. The number of ether oxygens (including phenoxy) is 1. The van der Waals surface area contributed by atoms with Crippen LogP contribution in [-0.2, 0) is 14.3 Å². The molecule has 0 aliphatic heterocycles. The molecule has 0 amide bonds. The molecule has 0 spiro atoms. The summed E-state index contributed by atoms with van der Waals surface area (Å²) in [6.07, 6.45) is 8.20. The van der Waals surface area contributed by atoms with Gasteiger partial charge in [0.1, 0.15) is 0 Å². The molecule has 5 nitrogen and oxygen atoms in total. The molecule has 0 aliphatic carbocycles. The highest BCUT2D eigenvalue weighted by molar-refractivity contribution is 5.96. The van der Waals surface area contributed by atoms with Crippen molar-refractivity contribution in [1.29, 1.82) is 0 Å². The third kappa shape index (κ3) is 11.4. The largest absolute Gasteiger partial charge is 0.479 e. The van der Waals surface area contributed by atoms with Gasteiger partial charge >= 0.3 is 11.9 Å². The molecule has 0 aromatic heterocycles. The highest BCUT2D eigenvalue weighted by Crippen LogP contribution is 2.11. The third-order valence-electron chi connectivity index (χ3n) is 3.27. The monoisotopic (exact) mass is 324 g/mol. The molecule has 0 saturated carbocycles. The highest BCUT2D eigenvalue weighted by atomic mass is 16.5. The Morgan fingerprint density at radius 1 is 0.870 bits per heavy atom. The number of aliphatic carboxylic acids is 2. The maximum Gasteiger partial charge on any atom is 0.344 e. The van der Waals surface area contributed by atoms with Crippen molar-refractivity contribution in [2.75, 3.05) is 6.61 Å². The molecule has 0 atom stereocenters. The molecule has 23 heavy (non-hydrogen) atoms. The zero-order valence-electron chi connectivity index (χ0n) is 14.5. The van der Waals surface area contributed by atoms with Gasteiger partial charge in [0.25, 0.3) is 6.10 Å². The Kier molecular flexibility index (Phi) is 10.7. The van der Waals surface area contributed by atoms with Gasteiger partial charge in [-0.2, -0.15) is 0 Å². The smallest absolute Gasteiger partial charge is 0.344 e. The number of carboxylic acids is 2. The maximum atomic E-state index is 10.7. The van der Waals surface area contributed by atoms with Crippen LogP contribution >= 0.6 is 0 Å². The van der Waals surface area contributed by atoms with Gasteiger partial charge in [0.15, 0.2) is 0 Å². The first-order valence-electron chi connectivity index (χ1n) is 7.76. The van der Waals surface area contributed by atoms with Crippen LogP contribution in [0.3, 0.4) is 0 Å². The van der Waals surface area contributed by atoms with E-state index in [1.54, 1.807) is 6.08 Å². The lowest BCUT2D eigenvalue weighted by Crippen LogP contribution is -2.32. The minimum atomic E-state index is -1.81. The molecule has 0 fully saturated rings. The molecule has 0 aromatic rings. The standard InChI is InChI=1S/C18H28O5/c1-13(2)7-5-8-14(3)9-6-10-15(4)11-12-23-16(17(19)20)18(21)22/h7,9,11,16H,5-6,8,10,12H2,1-4H3,(H,19,20)(H,21,22)/b14-9+,15-11+. The normalized spacial score (nSPS) is 12.4. The minimum absolute atomic E-state index is 0.0155. The first-order chi connectivity index (χ1) is 10.7. The lowest BCUT2D eigenvalue weighted by Gasteiger charge is -2.07. The van der Waals surface area contributed by atoms with Crippen LogP contribution in [0, 0.1) is 0 Å².